The fraction of sp³-hybridized carbons (Fsp3) is 0.680. The molecule has 1 aliphatic carbocycles. The second-order valence-corrected chi connectivity index (χ2v) is 11.4. The summed E-state index contributed by atoms with van der Waals surface area (Å²) in [4.78, 5) is 9.31. The van der Waals surface area contributed by atoms with Gasteiger partial charge in [-0.1, -0.05) is 0 Å². The highest BCUT2D eigenvalue weighted by Crippen LogP contribution is 2.59. The molecule has 3 atom stereocenters. The lowest BCUT2D eigenvalue weighted by Gasteiger charge is -2.51. The van der Waals surface area contributed by atoms with Crippen molar-refractivity contribution in [3.63, 3.8) is 0 Å². The van der Waals surface area contributed by atoms with Crippen LogP contribution < -0.4 is 4.74 Å². The zero-order chi connectivity index (χ0) is 24.6. The Balaban J connectivity index is 1.31. The highest BCUT2D eigenvalue weighted by atomic mass is 19.4. The first-order valence-electron chi connectivity index (χ1n) is 12.1. The summed E-state index contributed by atoms with van der Waals surface area (Å²) < 4.78 is 44.6. The lowest BCUT2D eigenvalue weighted by atomic mass is 9.96. The number of fused-ring (bicyclic) bond motifs is 1. The van der Waals surface area contributed by atoms with Crippen LogP contribution in [0.4, 0.5) is 13.2 Å². The Hall–Kier alpha value is -2.13. The maximum atomic E-state index is 12.8. The standard InChI is InChI=1S/C25H34F3N5O/c1-14(2)33-21(8-20(30-33)16-7-22(15(3)29-9-16)34-25(26,27)28)23-18-12-31(13-19(18)23)17-10-32(11-17)24(4,5)6/h7-9,14,17-19,23H,10-13H2,1-6H3/t18-,19+,23?. The largest absolute Gasteiger partial charge is 0.573 e. The van der Waals surface area contributed by atoms with Crippen molar-refractivity contribution in [2.24, 2.45) is 11.8 Å². The minimum Gasteiger partial charge on any atom is -0.404 e. The number of aromatic nitrogens is 3. The number of likely N-dealkylation sites (tertiary alicyclic amines) is 2. The monoisotopic (exact) mass is 477 g/mol. The molecular weight excluding hydrogens is 443 g/mol. The molecule has 0 N–H and O–H groups in total. The number of halogens is 3. The van der Waals surface area contributed by atoms with E-state index in [0.29, 0.717) is 35.1 Å². The number of pyridine rings is 1. The van der Waals surface area contributed by atoms with Gasteiger partial charge in [-0.25, -0.2) is 0 Å². The van der Waals surface area contributed by atoms with Crippen LogP contribution in [0.2, 0.25) is 0 Å². The summed E-state index contributed by atoms with van der Waals surface area (Å²) >= 11 is 0. The van der Waals surface area contributed by atoms with Crippen LogP contribution in [0.15, 0.2) is 18.3 Å². The molecule has 0 spiro atoms. The number of hydrogen-bond acceptors (Lipinski definition) is 5. The minimum atomic E-state index is -4.75. The number of alkyl halides is 3. The number of piperidine rings is 1. The van der Waals surface area contributed by atoms with Crippen molar-refractivity contribution >= 4 is 0 Å². The quantitative estimate of drug-likeness (QED) is 0.616. The number of aryl methyl sites for hydroxylation is 1. The van der Waals surface area contributed by atoms with E-state index in [-0.39, 0.29) is 23.0 Å². The van der Waals surface area contributed by atoms with Crippen molar-refractivity contribution in [1.29, 1.82) is 0 Å². The maximum Gasteiger partial charge on any atom is 0.573 e. The van der Waals surface area contributed by atoms with Gasteiger partial charge < -0.3 is 4.74 Å². The molecule has 3 fully saturated rings. The molecule has 0 aromatic carbocycles. The van der Waals surface area contributed by atoms with E-state index in [1.54, 1.807) is 6.20 Å². The first-order chi connectivity index (χ1) is 15.8. The Morgan fingerprint density at radius 1 is 1.03 bits per heavy atom. The molecular formula is C25H34F3N5O. The summed E-state index contributed by atoms with van der Waals surface area (Å²) in [6.45, 7) is 17.0. The van der Waals surface area contributed by atoms with Crippen LogP contribution in [0.5, 0.6) is 5.75 Å². The van der Waals surface area contributed by atoms with Crippen LogP contribution in [-0.4, -0.2) is 68.7 Å². The molecule has 3 aliphatic rings. The van der Waals surface area contributed by atoms with E-state index < -0.39 is 6.36 Å². The summed E-state index contributed by atoms with van der Waals surface area (Å²) in [6.07, 6.45) is -3.18. The van der Waals surface area contributed by atoms with E-state index in [2.05, 4.69) is 54.1 Å². The first kappa shape index (κ1) is 23.6. The average Bonchev–Trinajstić information content (AvgIpc) is 3.02. The van der Waals surface area contributed by atoms with Gasteiger partial charge in [-0.05, 0) is 65.5 Å². The number of nitrogens with zero attached hydrogens (tertiary/aromatic N) is 5. The van der Waals surface area contributed by atoms with Gasteiger partial charge in [-0.15, -0.1) is 13.2 Å². The molecule has 1 unspecified atom stereocenters. The van der Waals surface area contributed by atoms with Crippen LogP contribution in [0, 0.1) is 18.8 Å². The second kappa shape index (κ2) is 7.95. The molecule has 2 aliphatic heterocycles. The van der Waals surface area contributed by atoms with E-state index in [9.17, 15) is 13.2 Å². The third-order valence-electron chi connectivity index (χ3n) is 7.71. The Kier molecular flexibility index (Phi) is 5.52. The zero-order valence-corrected chi connectivity index (χ0v) is 20.7. The van der Waals surface area contributed by atoms with E-state index in [0.717, 1.165) is 26.2 Å². The first-order valence-corrected chi connectivity index (χ1v) is 12.1. The van der Waals surface area contributed by atoms with E-state index >= 15 is 0 Å². The van der Waals surface area contributed by atoms with Gasteiger partial charge in [0.05, 0.1) is 11.4 Å². The molecule has 5 rings (SSSR count). The predicted molar refractivity (Wildman–Crippen MR) is 124 cm³/mol. The summed E-state index contributed by atoms with van der Waals surface area (Å²) in [5, 5.41) is 4.77. The predicted octanol–water partition coefficient (Wildman–Crippen LogP) is 4.86. The Bertz CT molecular complexity index is 1060. The molecule has 0 amide bonds. The Labute approximate surface area is 199 Å². The van der Waals surface area contributed by atoms with Gasteiger partial charge in [0.2, 0.25) is 0 Å². The van der Waals surface area contributed by atoms with E-state index in [1.165, 1.54) is 18.7 Å². The van der Waals surface area contributed by atoms with Crippen LogP contribution in [0.25, 0.3) is 11.3 Å². The lowest BCUT2D eigenvalue weighted by Crippen LogP contribution is -2.64. The fourth-order valence-electron chi connectivity index (χ4n) is 5.62. The van der Waals surface area contributed by atoms with Gasteiger partial charge in [-0.2, -0.15) is 5.10 Å². The SMILES string of the molecule is Cc1ncc(-c2cc(C3[C@H]4CN(C5CN(C(C)(C)C)C5)C[C@@H]34)n(C(C)C)n2)cc1OC(F)(F)F. The minimum absolute atomic E-state index is 0.164. The molecule has 2 aromatic heterocycles. The molecule has 9 heteroatoms. The third-order valence-corrected chi connectivity index (χ3v) is 7.71. The van der Waals surface area contributed by atoms with Crippen molar-refractivity contribution < 1.29 is 17.9 Å². The van der Waals surface area contributed by atoms with Crippen LogP contribution >= 0.6 is 0 Å². The summed E-state index contributed by atoms with van der Waals surface area (Å²) in [5.74, 6) is 1.44. The van der Waals surface area contributed by atoms with E-state index in [1.807, 2.05) is 10.7 Å². The molecule has 2 aromatic rings. The molecule has 34 heavy (non-hydrogen) atoms. The topological polar surface area (TPSA) is 46.4 Å². The average molecular weight is 478 g/mol. The van der Waals surface area contributed by atoms with Crippen LogP contribution in [-0.2, 0) is 0 Å². The number of ether oxygens (including phenoxy) is 1. The van der Waals surface area contributed by atoms with Crippen molar-refractivity contribution in [1.82, 2.24) is 24.6 Å². The van der Waals surface area contributed by atoms with Crippen molar-refractivity contribution in [3.8, 4) is 17.0 Å². The van der Waals surface area contributed by atoms with E-state index in [4.69, 9.17) is 5.10 Å². The molecule has 6 nitrogen and oxygen atoms in total. The molecule has 2 saturated heterocycles. The highest BCUT2D eigenvalue weighted by molar-refractivity contribution is 5.61. The lowest BCUT2D eigenvalue weighted by molar-refractivity contribution is -0.274. The third kappa shape index (κ3) is 4.33. The molecule has 186 valence electrons. The molecule has 1 saturated carbocycles. The molecule has 0 radical (unpaired) electrons. The fourth-order valence-corrected chi connectivity index (χ4v) is 5.62. The normalized spacial score (nSPS) is 26.1. The molecule has 4 heterocycles. The van der Waals surface area contributed by atoms with Gasteiger partial charge in [0.25, 0.3) is 0 Å². The van der Waals surface area contributed by atoms with Crippen molar-refractivity contribution in [3.05, 3.63) is 29.7 Å². The zero-order valence-electron chi connectivity index (χ0n) is 20.7. The van der Waals surface area contributed by atoms with Crippen molar-refractivity contribution in [2.75, 3.05) is 26.2 Å². The van der Waals surface area contributed by atoms with Gasteiger partial charge in [0.15, 0.2) is 5.75 Å². The van der Waals surface area contributed by atoms with Crippen LogP contribution in [0.1, 0.15) is 58.0 Å². The smallest absolute Gasteiger partial charge is 0.404 e. The van der Waals surface area contributed by atoms with Gasteiger partial charge >= 0.3 is 6.36 Å². The summed E-state index contributed by atoms with van der Waals surface area (Å²) in [5.41, 5.74) is 2.79. The van der Waals surface area contributed by atoms with Crippen LogP contribution in [0.3, 0.4) is 0 Å². The Morgan fingerprint density at radius 2 is 1.68 bits per heavy atom. The van der Waals surface area contributed by atoms with Gasteiger partial charge in [-0.3, -0.25) is 19.5 Å². The van der Waals surface area contributed by atoms with Gasteiger partial charge in [0.1, 0.15) is 0 Å². The second-order valence-electron chi connectivity index (χ2n) is 11.4. The van der Waals surface area contributed by atoms with Gasteiger partial charge in [0, 0.05) is 67.2 Å². The summed E-state index contributed by atoms with van der Waals surface area (Å²) in [6, 6.07) is 4.25. The highest BCUT2D eigenvalue weighted by Gasteiger charge is 2.59. The summed E-state index contributed by atoms with van der Waals surface area (Å²) in [7, 11) is 0. The Morgan fingerprint density at radius 3 is 2.24 bits per heavy atom. The molecule has 0 bridgehead atoms. The maximum absolute atomic E-state index is 12.8. The van der Waals surface area contributed by atoms with Crippen molar-refractivity contribution in [2.45, 2.75) is 71.4 Å². The number of hydrogen-bond donors (Lipinski definition) is 0. The number of rotatable bonds is 5.